The summed E-state index contributed by atoms with van der Waals surface area (Å²) in [5.41, 5.74) is 13.5. The number of primary amides is 1. The summed E-state index contributed by atoms with van der Waals surface area (Å²) >= 11 is 0. The van der Waals surface area contributed by atoms with Crippen molar-refractivity contribution >= 4 is 17.3 Å². The maximum atomic E-state index is 11.3. The highest BCUT2D eigenvalue weighted by Crippen LogP contribution is 2.25. The Balaban J connectivity index is 2.97. The van der Waals surface area contributed by atoms with Gasteiger partial charge in [0, 0.05) is 18.7 Å². The Morgan fingerprint density at radius 2 is 1.74 bits per heavy atom. The second kappa shape index (κ2) is 7.67. The van der Waals surface area contributed by atoms with Gasteiger partial charge in [0.1, 0.15) is 0 Å². The van der Waals surface area contributed by atoms with Crippen LogP contribution in [0.25, 0.3) is 0 Å². The molecule has 4 N–H and O–H groups in total. The number of nitrogen functional groups attached to an aromatic ring is 1. The lowest BCUT2D eigenvalue weighted by Gasteiger charge is -2.26. The fourth-order valence-corrected chi connectivity index (χ4v) is 2.02. The van der Waals surface area contributed by atoms with Crippen LogP contribution < -0.4 is 16.4 Å². The fraction of sp³-hybridized carbons (Fsp3) is 0.533. The molecule has 0 unspecified atom stereocenters. The molecule has 0 radical (unpaired) electrons. The Labute approximate surface area is 115 Å². The predicted molar refractivity (Wildman–Crippen MR) is 81.4 cm³/mol. The summed E-state index contributed by atoms with van der Waals surface area (Å²) < 4.78 is 0. The number of benzene rings is 1. The van der Waals surface area contributed by atoms with Crippen molar-refractivity contribution in [1.29, 1.82) is 0 Å². The molecule has 0 bridgehead atoms. The minimum atomic E-state index is -0.410. The summed E-state index contributed by atoms with van der Waals surface area (Å²) in [4.78, 5) is 13.5. The smallest absolute Gasteiger partial charge is 0.248 e. The topological polar surface area (TPSA) is 72.3 Å². The van der Waals surface area contributed by atoms with Crippen LogP contribution in [-0.4, -0.2) is 19.0 Å². The Morgan fingerprint density at radius 1 is 1.16 bits per heavy atom. The highest BCUT2D eigenvalue weighted by Gasteiger charge is 2.11. The van der Waals surface area contributed by atoms with E-state index in [0.29, 0.717) is 11.3 Å². The Morgan fingerprint density at radius 3 is 2.21 bits per heavy atom. The van der Waals surface area contributed by atoms with Crippen LogP contribution in [0.3, 0.4) is 0 Å². The normalized spacial score (nSPS) is 10.4. The number of anilines is 2. The molecule has 0 atom stereocenters. The standard InChI is InChI=1S/C15H25N3O/c1-3-5-9-18(10-6-4-2)14-11-12(15(17)19)7-8-13(14)16/h7-8,11H,3-6,9-10,16H2,1-2H3,(H2,17,19). The number of nitrogens with zero attached hydrogens (tertiary/aromatic N) is 1. The minimum absolute atomic E-state index is 0.410. The van der Waals surface area contributed by atoms with E-state index < -0.39 is 5.91 Å². The highest BCUT2D eigenvalue weighted by molar-refractivity contribution is 5.95. The van der Waals surface area contributed by atoms with Crippen molar-refractivity contribution < 1.29 is 4.79 Å². The number of unbranched alkanes of at least 4 members (excludes halogenated alkanes) is 2. The van der Waals surface area contributed by atoms with Gasteiger partial charge in [0.25, 0.3) is 0 Å². The van der Waals surface area contributed by atoms with E-state index in [1.165, 1.54) is 0 Å². The van der Waals surface area contributed by atoms with Gasteiger partial charge in [-0.15, -0.1) is 0 Å². The van der Waals surface area contributed by atoms with E-state index in [1.54, 1.807) is 12.1 Å². The van der Waals surface area contributed by atoms with Crippen molar-refractivity contribution in [3.63, 3.8) is 0 Å². The van der Waals surface area contributed by atoms with Crippen LogP contribution in [-0.2, 0) is 0 Å². The number of nitrogens with two attached hydrogens (primary N) is 2. The number of hydrogen-bond donors (Lipinski definition) is 2. The summed E-state index contributed by atoms with van der Waals surface area (Å²) in [6.45, 7) is 6.26. The van der Waals surface area contributed by atoms with E-state index in [4.69, 9.17) is 11.5 Å². The van der Waals surface area contributed by atoms with Gasteiger partial charge in [0.05, 0.1) is 11.4 Å². The van der Waals surface area contributed by atoms with E-state index in [-0.39, 0.29) is 0 Å². The first-order valence-electron chi connectivity index (χ1n) is 7.04. The third-order valence-corrected chi connectivity index (χ3v) is 3.22. The van der Waals surface area contributed by atoms with Gasteiger partial charge in [-0.3, -0.25) is 4.79 Å². The number of carbonyl (C=O) groups excluding carboxylic acids is 1. The van der Waals surface area contributed by atoms with Gasteiger partial charge in [0.2, 0.25) is 5.91 Å². The van der Waals surface area contributed by atoms with Crippen LogP contribution in [0.1, 0.15) is 49.9 Å². The lowest BCUT2D eigenvalue weighted by Crippen LogP contribution is -2.27. The Hall–Kier alpha value is -1.71. The summed E-state index contributed by atoms with van der Waals surface area (Å²) in [6, 6.07) is 5.25. The van der Waals surface area contributed by atoms with Gasteiger partial charge in [-0.2, -0.15) is 0 Å². The summed E-state index contributed by atoms with van der Waals surface area (Å²) in [7, 11) is 0. The van der Waals surface area contributed by atoms with Crippen molar-refractivity contribution in [2.24, 2.45) is 5.73 Å². The zero-order chi connectivity index (χ0) is 14.3. The van der Waals surface area contributed by atoms with E-state index >= 15 is 0 Å². The molecule has 0 aliphatic carbocycles. The molecule has 0 saturated heterocycles. The van der Waals surface area contributed by atoms with Crippen molar-refractivity contribution in [3.8, 4) is 0 Å². The molecule has 0 saturated carbocycles. The average molecular weight is 263 g/mol. The zero-order valence-corrected chi connectivity index (χ0v) is 12.0. The summed E-state index contributed by atoms with van der Waals surface area (Å²) in [5, 5.41) is 0. The molecule has 106 valence electrons. The number of rotatable bonds is 8. The lowest BCUT2D eigenvalue weighted by molar-refractivity contribution is 0.100. The minimum Gasteiger partial charge on any atom is -0.397 e. The largest absolute Gasteiger partial charge is 0.397 e. The molecule has 0 aromatic heterocycles. The van der Waals surface area contributed by atoms with E-state index in [0.717, 1.165) is 44.5 Å². The molecule has 0 aliphatic heterocycles. The first-order valence-corrected chi connectivity index (χ1v) is 7.04. The van der Waals surface area contributed by atoms with Crippen LogP contribution >= 0.6 is 0 Å². The SMILES string of the molecule is CCCCN(CCCC)c1cc(C(N)=O)ccc1N. The molecule has 4 heteroatoms. The van der Waals surface area contributed by atoms with Crippen molar-refractivity contribution in [2.75, 3.05) is 23.7 Å². The molecular formula is C15H25N3O. The molecule has 4 nitrogen and oxygen atoms in total. The molecule has 0 aliphatic rings. The first-order chi connectivity index (χ1) is 9.10. The quantitative estimate of drug-likeness (QED) is 0.708. The molecule has 0 spiro atoms. The lowest BCUT2D eigenvalue weighted by atomic mass is 10.1. The second-order valence-corrected chi connectivity index (χ2v) is 4.83. The summed E-state index contributed by atoms with van der Waals surface area (Å²) in [6.07, 6.45) is 4.50. The molecule has 1 aromatic carbocycles. The van der Waals surface area contributed by atoms with Crippen molar-refractivity contribution in [2.45, 2.75) is 39.5 Å². The molecular weight excluding hydrogens is 238 g/mol. The van der Waals surface area contributed by atoms with Crippen LogP contribution in [0.15, 0.2) is 18.2 Å². The molecule has 1 amide bonds. The monoisotopic (exact) mass is 263 g/mol. The van der Waals surface area contributed by atoms with Crippen molar-refractivity contribution in [3.05, 3.63) is 23.8 Å². The molecule has 0 heterocycles. The average Bonchev–Trinajstić information content (AvgIpc) is 2.40. The van der Waals surface area contributed by atoms with E-state index in [1.807, 2.05) is 6.07 Å². The molecule has 19 heavy (non-hydrogen) atoms. The third kappa shape index (κ3) is 4.47. The van der Waals surface area contributed by atoms with Gasteiger partial charge in [-0.05, 0) is 31.0 Å². The third-order valence-electron chi connectivity index (χ3n) is 3.22. The van der Waals surface area contributed by atoms with Crippen LogP contribution in [0.5, 0.6) is 0 Å². The molecule has 0 fully saturated rings. The predicted octanol–water partition coefficient (Wildman–Crippen LogP) is 2.77. The van der Waals surface area contributed by atoms with Gasteiger partial charge in [0.15, 0.2) is 0 Å². The van der Waals surface area contributed by atoms with E-state index in [9.17, 15) is 4.79 Å². The molecule has 1 rings (SSSR count). The maximum Gasteiger partial charge on any atom is 0.248 e. The highest BCUT2D eigenvalue weighted by atomic mass is 16.1. The van der Waals surface area contributed by atoms with Crippen LogP contribution in [0.2, 0.25) is 0 Å². The second-order valence-electron chi connectivity index (χ2n) is 4.83. The number of hydrogen-bond acceptors (Lipinski definition) is 3. The Bertz CT molecular complexity index is 410. The van der Waals surface area contributed by atoms with Crippen molar-refractivity contribution in [1.82, 2.24) is 0 Å². The maximum absolute atomic E-state index is 11.3. The Kier molecular flexibility index (Phi) is 6.19. The van der Waals surface area contributed by atoms with Gasteiger partial charge >= 0.3 is 0 Å². The van der Waals surface area contributed by atoms with E-state index in [2.05, 4.69) is 18.7 Å². The number of carbonyl (C=O) groups is 1. The van der Waals surface area contributed by atoms with Crippen LogP contribution in [0.4, 0.5) is 11.4 Å². The van der Waals surface area contributed by atoms with Gasteiger partial charge < -0.3 is 16.4 Å². The zero-order valence-electron chi connectivity index (χ0n) is 12.0. The fourth-order valence-electron chi connectivity index (χ4n) is 2.02. The molecule has 1 aromatic rings. The first kappa shape index (κ1) is 15.3. The van der Waals surface area contributed by atoms with Gasteiger partial charge in [-0.1, -0.05) is 26.7 Å². The number of amides is 1. The van der Waals surface area contributed by atoms with Crippen LogP contribution in [0, 0.1) is 0 Å². The van der Waals surface area contributed by atoms with Gasteiger partial charge in [-0.25, -0.2) is 0 Å². The summed E-state index contributed by atoms with van der Waals surface area (Å²) in [5.74, 6) is -0.410.